The molecule has 0 amide bonds. The third kappa shape index (κ3) is 4.68. The zero-order valence-electron chi connectivity index (χ0n) is 15.7. The summed E-state index contributed by atoms with van der Waals surface area (Å²) >= 11 is 0. The lowest BCUT2D eigenvalue weighted by atomic mass is 10.1. The second-order valence-corrected chi connectivity index (χ2v) is 6.39. The molecule has 0 aromatic carbocycles. The van der Waals surface area contributed by atoms with Crippen LogP contribution in [0.2, 0.25) is 0 Å². The summed E-state index contributed by atoms with van der Waals surface area (Å²) < 4.78 is 45.4. The van der Waals surface area contributed by atoms with E-state index >= 15 is 0 Å². The maximum atomic E-state index is 13.2. The van der Waals surface area contributed by atoms with E-state index in [2.05, 4.69) is 36.6 Å². The molecule has 0 spiro atoms. The van der Waals surface area contributed by atoms with Gasteiger partial charge in [0.1, 0.15) is 0 Å². The van der Waals surface area contributed by atoms with Crippen LogP contribution in [0.3, 0.4) is 0 Å². The van der Waals surface area contributed by atoms with E-state index < -0.39 is 11.9 Å². The predicted octanol–water partition coefficient (Wildman–Crippen LogP) is 3.54. The molecule has 0 radical (unpaired) electrons. The number of aliphatic imine (C=N–C) groups is 1. The first-order chi connectivity index (χ1) is 13.6. The van der Waals surface area contributed by atoms with Crippen LogP contribution in [0.4, 0.5) is 19.0 Å². The molecule has 0 aliphatic heterocycles. The highest BCUT2D eigenvalue weighted by atomic mass is 19.4. The first-order valence-corrected chi connectivity index (χ1v) is 8.53. The van der Waals surface area contributed by atoms with Gasteiger partial charge < -0.3 is 5.73 Å². The van der Waals surface area contributed by atoms with Crippen LogP contribution in [0.5, 0.6) is 0 Å². The number of alkyl halides is 3. The smallest absolute Gasteiger partial charge is 0.397 e. The molecule has 0 saturated carbocycles. The van der Waals surface area contributed by atoms with Gasteiger partial charge in [0.25, 0.3) is 0 Å². The summed E-state index contributed by atoms with van der Waals surface area (Å²) in [6.45, 7) is 5.35. The predicted molar refractivity (Wildman–Crippen MR) is 100 cm³/mol. The topological polar surface area (TPSA) is 108 Å². The molecule has 152 valence electrons. The van der Waals surface area contributed by atoms with E-state index in [1.165, 1.54) is 19.3 Å². The van der Waals surface area contributed by atoms with Crippen molar-refractivity contribution in [1.29, 1.82) is 0 Å². The minimum Gasteiger partial charge on any atom is -0.397 e. The van der Waals surface area contributed by atoms with Crippen molar-refractivity contribution in [2.45, 2.75) is 25.9 Å². The van der Waals surface area contributed by atoms with Crippen LogP contribution in [0.25, 0.3) is 17.0 Å². The number of nitrogens with zero attached hydrogens (tertiary/aromatic N) is 6. The Labute approximate surface area is 163 Å². The minimum atomic E-state index is -4.56. The SMILES string of the molecule is C=C(N)c1nonc1N=C(C)CCc1cccc(-c2cn(C)nc2C(F)(F)F)n1. The van der Waals surface area contributed by atoms with Crippen molar-refractivity contribution < 1.29 is 17.8 Å². The fraction of sp³-hybridized carbons (Fsp3) is 0.278. The van der Waals surface area contributed by atoms with Gasteiger partial charge in [-0.05, 0) is 42.2 Å². The van der Waals surface area contributed by atoms with Gasteiger partial charge in [0.2, 0.25) is 5.82 Å². The molecule has 11 heteroatoms. The van der Waals surface area contributed by atoms with Gasteiger partial charge in [-0.1, -0.05) is 12.6 Å². The first kappa shape index (κ1) is 20.2. The summed E-state index contributed by atoms with van der Waals surface area (Å²) in [5, 5.41) is 10.8. The third-order valence-corrected chi connectivity index (χ3v) is 4.00. The summed E-state index contributed by atoms with van der Waals surface area (Å²) in [6, 6.07) is 4.93. The van der Waals surface area contributed by atoms with Gasteiger partial charge in [0.15, 0.2) is 11.4 Å². The van der Waals surface area contributed by atoms with Crippen molar-refractivity contribution in [3.63, 3.8) is 0 Å². The molecule has 0 aliphatic carbocycles. The fourth-order valence-electron chi connectivity index (χ4n) is 2.66. The van der Waals surface area contributed by atoms with E-state index in [0.29, 0.717) is 24.2 Å². The van der Waals surface area contributed by atoms with E-state index in [0.717, 1.165) is 4.68 Å². The minimum absolute atomic E-state index is 0.0630. The van der Waals surface area contributed by atoms with Crippen molar-refractivity contribution in [3.05, 3.63) is 48.1 Å². The fourth-order valence-corrected chi connectivity index (χ4v) is 2.66. The van der Waals surface area contributed by atoms with E-state index in [4.69, 9.17) is 5.73 Å². The largest absolute Gasteiger partial charge is 0.435 e. The van der Waals surface area contributed by atoms with Gasteiger partial charge >= 0.3 is 6.18 Å². The second kappa shape index (κ2) is 7.86. The van der Waals surface area contributed by atoms with Crippen LogP contribution in [-0.2, 0) is 19.6 Å². The van der Waals surface area contributed by atoms with Gasteiger partial charge in [-0.3, -0.25) is 9.67 Å². The Morgan fingerprint density at radius 2 is 2.07 bits per heavy atom. The molecule has 0 unspecified atom stereocenters. The van der Waals surface area contributed by atoms with Crippen molar-refractivity contribution in [1.82, 2.24) is 25.1 Å². The van der Waals surface area contributed by atoms with Crippen molar-refractivity contribution in [2.75, 3.05) is 0 Å². The molecule has 0 atom stereocenters. The Balaban J connectivity index is 1.78. The van der Waals surface area contributed by atoms with Gasteiger partial charge in [0, 0.05) is 24.7 Å². The average molecular weight is 405 g/mol. The average Bonchev–Trinajstić information content (AvgIpc) is 3.26. The lowest BCUT2D eigenvalue weighted by Gasteiger charge is -2.07. The molecule has 3 rings (SSSR count). The number of rotatable bonds is 6. The molecule has 8 nitrogen and oxygen atoms in total. The summed E-state index contributed by atoms with van der Waals surface area (Å²) in [4.78, 5) is 8.66. The highest BCUT2D eigenvalue weighted by Crippen LogP contribution is 2.35. The third-order valence-electron chi connectivity index (χ3n) is 4.00. The zero-order chi connectivity index (χ0) is 21.2. The molecule has 0 aliphatic rings. The van der Waals surface area contributed by atoms with Crippen LogP contribution in [-0.4, -0.2) is 30.8 Å². The molecule has 29 heavy (non-hydrogen) atoms. The summed E-state index contributed by atoms with van der Waals surface area (Å²) in [5.41, 5.74) is 6.55. The van der Waals surface area contributed by atoms with Crippen molar-refractivity contribution in [2.24, 2.45) is 17.8 Å². The zero-order valence-corrected chi connectivity index (χ0v) is 15.7. The molecule has 2 N–H and O–H groups in total. The maximum absolute atomic E-state index is 13.2. The highest BCUT2D eigenvalue weighted by Gasteiger charge is 2.37. The normalized spacial score (nSPS) is 12.4. The number of hydrogen-bond donors (Lipinski definition) is 1. The lowest BCUT2D eigenvalue weighted by molar-refractivity contribution is -0.141. The lowest BCUT2D eigenvalue weighted by Crippen LogP contribution is -2.08. The molecule has 0 bridgehead atoms. The quantitative estimate of drug-likeness (QED) is 0.629. The summed E-state index contributed by atoms with van der Waals surface area (Å²) in [6.07, 6.45) is -2.29. The van der Waals surface area contributed by atoms with Crippen molar-refractivity contribution in [3.8, 4) is 11.3 Å². The van der Waals surface area contributed by atoms with Crippen LogP contribution < -0.4 is 5.73 Å². The van der Waals surface area contributed by atoms with Gasteiger partial charge in [-0.15, -0.1) is 0 Å². The Morgan fingerprint density at radius 1 is 1.31 bits per heavy atom. The molecule has 0 saturated heterocycles. The van der Waals surface area contributed by atoms with Gasteiger partial charge in [0.05, 0.1) is 17.0 Å². The number of aryl methyl sites for hydroxylation is 2. The monoisotopic (exact) mass is 405 g/mol. The van der Waals surface area contributed by atoms with Gasteiger partial charge in [-0.25, -0.2) is 9.62 Å². The number of halogens is 3. The number of nitrogens with two attached hydrogens (primary N) is 1. The Kier molecular flexibility index (Phi) is 5.48. The van der Waals surface area contributed by atoms with Crippen LogP contribution in [0.15, 0.2) is 40.6 Å². The highest BCUT2D eigenvalue weighted by molar-refractivity contribution is 5.85. The van der Waals surface area contributed by atoms with E-state index in [1.807, 2.05) is 0 Å². The molecule has 3 heterocycles. The first-order valence-electron chi connectivity index (χ1n) is 8.53. The van der Waals surface area contributed by atoms with Crippen LogP contribution in [0, 0.1) is 0 Å². The van der Waals surface area contributed by atoms with E-state index in [1.54, 1.807) is 19.1 Å². The molecular weight excluding hydrogens is 387 g/mol. The standard InChI is InChI=1S/C18H18F3N7O/c1-10(23-17-15(11(2)22)26-29-27-17)7-8-12-5-4-6-14(24-12)13-9-28(3)25-16(13)18(19,20)21/h4-6,9H,2,7-8,22H2,1,3H3. The van der Waals surface area contributed by atoms with E-state index in [-0.39, 0.29) is 28.5 Å². The molecule has 3 aromatic heterocycles. The van der Waals surface area contributed by atoms with Crippen LogP contribution >= 0.6 is 0 Å². The van der Waals surface area contributed by atoms with E-state index in [9.17, 15) is 13.2 Å². The summed E-state index contributed by atoms with van der Waals surface area (Å²) in [5.74, 6) is 0.224. The van der Waals surface area contributed by atoms with Crippen molar-refractivity contribution >= 4 is 17.2 Å². The summed E-state index contributed by atoms with van der Waals surface area (Å²) in [7, 11) is 1.44. The number of hydrogen-bond acceptors (Lipinski definition) is 7. The molecule has 3 aromatic rings. The maximum Gasteiger partial charge on any atom is 0.435 e. The Morgan fingerprint density at radius 3 is 2.76 bits per heavy atom. The Hall–Kier alpha value is -3.50. The number of pyridine rings is 1. The molecular formula is C18H18F3N7O. The Bertz CT molecular complexity index is 1070. The number of aromatic nitrogens is 5. The van der Waals surface area contributed by atoms with Gasteiger partial charge in [-0.2, -0.15) is 18.3 Å². The van der Waals surface area contributed by atoms with Crippen LogP contribution in [0.1, 0.15) is 30.4 Å². The second-order valence-electron chi connectivity index (χ2n) is 6.39. The molecule has 0 fully saturated rings.